The van der Waals surface area contributed by atoms with E-state index in [9.17, 15) is 4.79 Å². The fourth-order valence-corrected chi connectivity index (χ4v) is 1.83. The van der Waals surface area contributed by atoms with Crippen molar-refractivity contribution in [2.45, 2.75) is 33.1 Å². The summed E-state index contributed by atoms with van der Waals surface area (Å²) in [4.78, 5) is 11.8. The van der Waals surface area contributed by atoms with E-state index in [2.05, 4.69) is 24.4 Å². The lowest BCUT2D eigenvalue weighted by Crippen LogP contribution is -2.26. The lowest BCUT2D eigenvalue weighted by atomic mass is 9.99. The average molecular weight is 233 g/mol. The normalized spacial score (nSPS) is 12.4. The molecule has 0 heterocycles. The monoisotopic (exact) mass is 233 g/mol. The van der Waals surface area contributed by atoms with Crippen molar-refractivity contribution in [1.82, 2.24) is 5.32 Å². The smallest absolute Gasteiger partial charge is 0.136 e. The van der Waals surface area contributed by atoms with E-state index in [-0.39, 0.29) is 5.92 Å². The molecule has 0 aromatic heterocycles. The number of hydrogen-bond donors (Lipinski definition) is 1. The molecule has 0 amide bonds. The van der Waals surface area contributed by atoms with E-state index in [1.165, 1.54) is 5.56 Å². The molecule has 0 saturated carbocycles. The van der Waals surface area contributed by atoms with Crippen molar-refractivity contribution in [3.05, 3.63) is 35.9 Å². The molecule has 1 unspecified atom stereocenters. The van der Waals surface area contributed by atoms with Gasteiger partial charge in [0.05, 0.1) is 0 Å². The van der Waals surface area contributed by atoms with Gasteiger partial charge >= 0.3 is 0 Å². The van der Waals surface area contributed by atoms with Crippen molar-refractivity contribution in [1.29, 1.82) is 0 Å². The quantitative estimate of drug-likeness (QED) is 0.748. The zero-order chi connectivity index (χ0) is 12.5. The Kier molecular flexibility index (Phi) is 6.56. The molecule has 0 radical (unpaired) electrons. The Morgan fingerprint density at radius 2 is 2.00 bits per heavy atom. The minimum atomic E-state index is 0.144. The molecule has 17 heavy (non-hydrogen) atoms. The van der Waals surface area contributed by atoms with Crippen molar-refractivity contribution in [3.63, 3.8) is 0 Å². The van der Waals surface area contributed by atoms with Crippen LogP contribution in [0.2, 0.25) is 0 Å². The molecule has 1 N–H and O–H groups in total. The maximum atomic E-state index is 11.8. The minimum absolute atomic E-state index is 0.144. The van der Waals surface area contributed by atoms with Crippen LogP contribution in [0.1, 0.15) is 32.3 Å². The number of nitrogens with one attached hydrogen (secondary N) is 1. The second kappa shape index (κ2) is 8.02. The molecule has 94 valence electrons. The molecule has 0 fully saturated rings. The fraction of sp³-hybridized carbons (Fsp3) is 0.533. The lowest BCUT2D eigenvalue weighted by Gasteiger charge is -2.10. The van der Waals surface area contributed by atoms with Crippen LogP contribution < -0.4 is 5.32 Å². The fourth-order valence-electron chi connectivity index (χ4n) is 1.83. The van der Waals surface area contributed by atoms with E-state index in [4.69, 9.17) is 0 Å². The number of Topliss-reactive ketones (excluding diaryl/α,β-unsaturated/α-hetero) is 1. The van der Waals surface area contributed by atoms with Gasteiger partial charge < -0.3 is 5.32 Å². The second-order valence-electron chi connectivity index (χ2n) is 4.51. The first kappa shape index (κ1) is 13.9. The molecule has 2 nitrogen and oxygen atoms in total. The van der Waals surface area contributed by atoms with Gasteiger partial charge in [0, 0.05) is 18.9 Å². The Morgan fingerprint density at radius 1 is 1.29 bits per heavy atom. The lowest BCUT2D eigenvalue weighted by molar-refractivity contribution is -0.122. The summed E-state index contributed by atoms with van der Waals surface area (Å²) < 4.78 is 0. The summed E-state index contributed by atoms with van der Waals surface area (Å²) in [7, 11) is 0. The zero-order valence-corrected chi connectivity index (χ0v) is 10.9. The van der Waals surface area contributed by atoms with E-state index in [0.717, 1.165) is 25.9 Å². The highest BCUT2D eigenvalue weighted by Crippen LogP contribution is 2.08. The molecule has 0 aliphatic rings. The van der Waals surface area contributed by atoms with Crippen molar-refractivity contribution >= 4 is 5.78 Å². The summed E-state index contributed by atoms with van der Waals surface area (Å²) in [5.74, 6) is 0.521. The van der Waals surface area contributed by atoms with Gasteiger partial charge in [0.15, 0.2) is 0 Å². The van der Waals surface area contributed by atoms with Crippen LogP contribution in [0, 0.1) is 5.92 Å². The summed E-state index contributed by atoms with van der Waals surface area (Å²) in [6.07, 6.45) is 2.65. The van der Waals surface area contributed by atoms with Gasteiger partial charge in [-0.1, -0.05) is 44.2 Å². The third-order valence-electron chi connectivity index (χ3n) is 2.98. The van der Waals surface area contributed by atoms with Crippen molar-refractivity contribution < 1.29 is 4.79 Å². The van der Waals surface area contributed by atoms with E-state index in [1.54, 1.807) is 0 Å². The van der Waals surface area contributed by atoms with Gasteiger partial charge in [0.25, 0.3) is 0 Å². The van der Waals surface area contributed by atoms with Crippen LogP contribution in [0.25, 0.3) is 0 Å². The molecular formula is C15H23NO. The van der Waals surface area contributed by atoms with Crippen LogP contribution in [0.4, 0.5) is 0 Å². The molecular weight excluding hydrogens is 210 g/mol. The number of rotatable bonds is 8. The zero-order valence-electron chi connectivity index (χ0n) is 10.9. The Labute approximate surface area is 104 Å². The SMILES string of the molecule is CCNCC(C)C(=O)CCCc1ccccc1. The highest BCUT2D eigenvalue weighted by molar-refractivity contribution is 5.80. The Balaban J connectivity index is 2.20. The molecule has 1 rings (SSSR count). The van der Waals surface area contributed by atoms with Crippen molar-refractivity contribution in [3.8, 4) is 0 Å². The molecule has 2 heteroatoms. The standard InChI is InChI=1S/C15H23NO/c1-3-16-12-13(2)15(17)11-7-10-14-8-5-4-6-9-14/h4-6,8-9,13,16H,3,7,10-12H2,1-2H3. The summed E-state index contributed by atoms with van der Waals surface area (Å²) in [6.45, 7) is 5.81. The van der Waals surface area contributed by atoms with Crippen LogP contribution in [0.3, 0.4) is 0 Å². The molecule has 0 aliphatic carbocycles. The molecule has 1 aromatic rings. The van der Waals surface area contributed by atoms with Gasteiger partial charge in [-0.15, -0.1) is 0 Å². The summed E-state index contributed by atoms with van der Waals surface area (Å²) in [6, 6.07) is 10.3. The predicted molar refractivity (Wildman–Crippen MR) is 72.1 cm³/mol. The molecule has 0 bridgehead atoms. The first-order valence-corrected chi connectivity index (χ1v) is 6.51. The summed E-state index contributed by atoms with van der Waals surface area (Å²) in [5.41, 5.74) is 1.32. The summed E-state index contributed by atoms with van der Waals surface area (Å²) >= 11 is 0. The topological polar surface area (TPSA) is 29.1 Å². The van der Waals surface area contributed by atoms with E-state index >= 15 is 0 Å². The van der Waals surface area contributed by atoms with Crippen LogP contribution in [0.15, 0.2) is 30.3 Å². The van der Waals surface area contributed by atoms with Gasteiger partial charge in [-0.25, -0.2) is 0 Å². The third-order valence-corrected chi connectivity index (χ3v) is 2.98. The molecule has 0 aliphatic heterocycles. The first-order valence-electron chi connectivity index (χ1n) is 6.51. The number of carbonyl (C=O) groups is 1. The Hall–Kier alpha value is -1.15. The second-order valence-corrected chi connectivity index (χ2v) is 4.51. The third kappa shape index (κ3) is 5.64. The van der Waals surface area contributed by atoms with Gasteiger partial charge in [0.2, 0.25) is 0 Å². The van der Waals surface area contributed by atoms with Crippen molar-refractivity contribution in [2.24, 2.45) is 5.92 Å². The molecule has 0 saturated heterocycles. The number of ketones is 1. The number of aryl methyl sites for hydroxylation is 1. The average Bonchev–Trinajstić information content (AvgIpc) is 2.37. The van der Waals surface area contributed by atoms with Gasteiger partial charge in [-0.3, -0.25) is 4.79 Å². The largest absolute Gasteiger partial charge is 0.316 e. The van der Waals surface area contributed by atoms with Gasteiger partial charge in [-0.05, 0) is 24.9 Å². The maximum absolute atomic E-state index is 11.8. The van der Waals surface area contributed by atoms with Crippen LogP contribution >= 0.6 is 0 Å². The molecule has 1 aromatic carbocycles. The Bertz CT molecular complexity index is 321. The summed E-state index contributed by atoms with van der Waals surface area (Å²) in [5, 5.41) is 3.22. The highest BCUT2D eigenvalue weighted by atomic mass is 16.1. The van der Waals surface area contributed by atoms with Crippen LogP contribution in [-0.2, 0) is 11.2 Å². The van der Waals surface area contributed by atoms with E-state index in [0.29, 0.717) is 12.2 Å². The van der Waals surface area contributed by atoms with Gasteiger partial charge in [0.1, 0.15) is 5.78 Å². The highest BCUT2D eigenvalue weighted by Gasteiger charge is 2.11. The minimum Gasteiger partial charge on any atom is -0.316 e. The van der Waals surface area contributed by atoms with E-state index < -0.39 is 0 Å². The van der Waals surface area contributed by atoms with Crippen molar-refractivity contribution in [2.75, 3.05) is 13.1 Å². The van der Waals surface area contributed by atoms with Gasteiger partial charge in [-0.2, -0.15) is 0 Å². The first-order chi connectivity index (χ1) is 8.24. The molecule has 0 spiro atoms. The van der Waals surface area contributed by atoms with E-state index in [1.807, 2.05) is 25.1 Å². The molecule has 1 atom stereocenters. The number of hydrogen-bond acceptors (Lipinski definition) is 2. The van der Waals surface area contributed by atoms with Crippen LogP contribution in [-0.4, -0.2) is 18.9 Å². The maximum Gasteiger partial charge on any atom is 0.136 e. The Morgan fingerprint density at radius 3 is 2.65 bits per heavy atom. The predicted octanol–water partition coefficient (Wildman–Crippen LogP) is 2.82. The number of benzene rings is 1. The van der Waals surface area contributed by atoms with Crippen LogP contribution in [0.5, 0.6) is 0 Å². The number of carbonyl (C=O) groups excluding carboxylic acids is 1.